The predicted molar refractivity (Wildman–Crippen MR) is 112 cm³/mol. The Morgan fingerprint density at radius 2 is 1.61 bits per heavy atom. The molecule has 0 saturated carbocycles. The van der Waals surface area contributed by atoms with Crippen molar-refractivity contribution in [2.75, 3.05) is 11.9 Å². The minimum Gasteiger partial charge on any atom is -0.494 e. The smallest absolute Gasteiger partial charge is 0.338 e. The lowest BCUT2D eigenvalue weighted by Gasteiger charge is -2.15. The van der Waals surface area contributed by atoms with E-state index in [0.29, 0.717) is 18.0 Å². The first-order valence-corrected chi connectivity index (χ1v) is 10.0. The Balaban J connectivity index is 1.53. The zero-order valence-electron chi connectivity index (χ0n) is 17.4. The number of carbonyl (C=O) groups excluding carboxylic acids is 4. The Bertz CT molecular complexity index is 953. The molecule has 0 radical (unpaired) electrons. The van der Waals surface area contributed by atoms with Crippen LogP contribution in [0.25, 0.3) is 0 Å². The van der Waals surface area contributed by atoms with Crippen molar-refractivity contribution in [3.63, 3.8) is 0 Å². The van der Waals surface area contributed by atoms with Crippen LogP contribution in [0, 0.1) is 0 Å². The van der Waals surface area contributed by atoms with E-state index in [4.69, 9.17) is 9.47 Å². The summed E-state index contributed by atoms with van der Waals surface area (Å²) in [6.07, 6.45) is -0.529. The van der Waals surface area contributed by atoms with E-state index in [2.05, 4.69) is 5.32 Å². The van der Waals surface area contributed by atoms with Gasteiger partial charge in [-0.25, -0.2) is 4.79 Å². The number of rotatable bonds is 8. The highest BCUT2D eigenvalue weighted by Crippen LogP contribution is 2.18. The number of nitrogens with one attached hydrogen (secondary N) is 1. The fourth-order valence-corrected chi connectivity index (χ4v) is 3.06. The van der Waals surface area contributed by atoms with Gasteiger partial charge in [0.2, 0.25) is 11.8 Å². The quantitative estimate of drug-likeness (QED) is 0.516. The average Bonchev–Trinajstić information content (AvgIpc) is 3.07. The van der Waals surface area contributed by atoms with Crippen LogP contribution in [0.1, 0.15) is 42.6 Å². The van der Waals surface area contributed by atoms with Crippen LogP contribution in [0.2, 0.25) is 0 Å². The summed E-state index contributed by atoms with van der Waals surface area (Å²) >= 11 is 0. The molecule has 1 N–H and O–H groups in total. The maximum absolute atomic E-state index is 12.4. The molecule has 162 valence electrons. The standard InChI is InChI=1S/C23H24N2O6/c1-3-30-19-10-8-18(9-11-19)24-22(28)15(2)31-23(29)17-6-4-16(5-7-17)14-25-20(26)12-13-21(25)27/h4-11,15H,3,12-14H2,1-2H3,(H,24,28). The van der Waals surface area contributed by atoms with Crippen LogP contribution in [-0.4, -0.2) is 41.3 Å². The second-order valence-corrected chi connectivity index (χ2v) is 7.06. The first-order chi connectivity index (χ1) is 14.9. The summed E-state index contributed by atoms with van der Waals surface area (Å²) in [7, 11) is 0. The number of benzene rings is 2. The van der Waals surface area contributed by atoms with E-state index >= 15 is 0 Å². The Morgan fingerprint density at radius 3 is 2.19 bits per heavy atom. The van der Waals surface area contributed by atoms with Gasteiger partial charge in [0.25, 0.3) is 5.91 Å². The molecule has 1 heterocycles. The van der Waals surface area contributed by atoms with E-state index in [-0.39, 0.29) is 36.8 Å². The molecule has 1 unspecified atom stereocenters. The zero-order valence-corrected chi connectivity index (χ0v) is 17.4. The lowest BCUT2D eigenvalue weighted by atomic mass is 10.1. The van der Waals surface area contributed by atoms with Gasteiger partial charge in [-0.3, -0.25) is 19.3 Å². The number of amides is 3. The van der Waals surface area contributed by atoms with Crippen LogP contribution < -0.4 is 10.1 Å². The van der Waals surface area contributed by atoms with Crippen LogP contribution in [0.3, 0.4) is 0 Å². The highest BCUT2D eigenvalue weighted by Gasteiger charge is 2.28. The number of esters is 1. The van der Waals surface area contributed by atoms with Gasteiger partial charge in [0, 0.05) is 18.5 Å². The van der Waals surface area contributed by atoms with Crippen molar-refractivity contribution >= 4 is 29.4 Å². The predicted octanol–water partition coefficient (Wildman–Crippen LogP) is 2.92. The molecular formula is C23H24N2O6. The molecule has 31 heavy (non-hydrogen) atoms. The molecule has 0 aromatic heterocycles. The SMILES string of the molecule is CCOc1ccc(NC(=O)C(C)OC(=O)c2ccc(CN3C(=O)CCC3=O)cc2)cc1. The molecule has 0 aliphatic carbocycles. The minimum atomic E-state index is -1.00. The summed E-state index contributed by atoms with van der Waals surface area (Å²) < 4.78 is 10.6. The van der Waals surface area contributed by atoms with Crippen LogP contribution in [0.5, 0.6) is 5.75 Å². The van der Waals surface area contributed by atoms with Crippen molar-refractivity contribution in [2.24, 2.45) is 0 Å². The van der Waals surface area contributed by atoms with E-state index in [1.54, 1.807) is 48.5 Å². The number of hydrogen-bond acceptors (Lipinski definition) is 6. The zero-order chi connectivity index (χ0) is 22.4. The molecule has 8 heteroatoms. The average molecular weight is 424 g/mol. The first-order valence-electron chi connectivity index (χ1n) is 10.0. The third kappa shape index (κ3) is 5.69. The van der Waals surface area contributed by atoms with E-state index < -0.39 is 18.0 Å². The van der Waals surface area contributed by atoms with E-state index in [1.165, 1.54) is 11.8 Å². The van der Waals surface area contributed by atoms with Gasteiger partial charge in [-0.15, -0.1) is 0 Å². The first kappa shape index (κ1) is 22.0. The number of nitrogens with zero attached hydrogens (tertiary/aromatic N) is 1. The third-order valence-electron chi connectivity index (χ3n) is 4.77. The lowest BCUT2D eigenvalue weighted by molar-refractivity contribution is -0.139. The van der Waals surface area contributed by atoms with Gasteiger partial charge in [0.05, 0.1) is 18.7 Å². The number of ether oxygens (including phenoxy) is 2. The molecule has 1 aliphatic heterocycles. The van der Waals surface area contributed by atoms with Gasteiger partial charge < -0.3 is 14.8 Å². The number of carbonyl (C=O) groups is 4. The van der Waals surface area contributed by atoms with Crippen LogP contribution in [0.15, 0.2) is 48.5 Å². The van der Waals surface area contributed by atoms with E-state index in [1.807, 2.05) is 6.92 Å². The molecule has 1 aliphatic rings. The third-order valence-corrected chi connectivity index (χ3v) is 4.77. The molecule has 2 aromatic rings. The maximum atomic E-state index is 12.4. The molecule has 3 rings (SSSR count). The van der Waals surface area contributed by atoms with Gasteiger partial charge in [0.1, 0.15) is 5.75 Å². The molecule has 8 nitrogen and oxygen atoms in total. The number of anilines is 1. The highest BCUT2D eigenvalue weighted by molar-refractivity contribution is 6.02. The Kier molecular flexibility index (Phi) is 7.02. The number of imide groups is 1. The van der Waals surface area contributed by atoms with Gasteiger partial charge in [-0.2, -0.15) is 0 Å². The summed E-state index contributed by atoms with van der Waals surface area (Å²) in [5.74, 6) is -0.794. The Hall–Kier alpha value is -3.68. The lowest BCUT2D eigenvalue weighted by Crippen LogP contribution is -2.30. The van der Waals surface area contributed by atoms with Crippen molar-refractivity contribution < 1.29 is 28.7 Å². The van der Waals surface area contributed by atoms with Crippen molar-refractivity contribution in [3.05, 3.63) is 59.7 Å². The number of hydrogen-bond donors (Lipinski definition) is 1. The Morgan fingerprint density at radius 1 is 1.00 bits per heavy atom. The minimum absolute atomic E-state index is 0.174. The van der Waals surface area contributed by atoms with Crippen LogP contribution in [0.4, 0.5) is 5.69 Å². The normalized spacial score (nSPS) is 14.3. The fraction of sp³-hybridized carbons (Fsp3) is 0.304. The topological polar surface area (TPSA) is 102 Å². The summed E-state index contributed by atoms with van der Waals surface area (Å²) in [5.41, 5.74) is 1.55. The highest BCUT2D eigenvalue weighted by atomic mass is 16.5. The van der Waals surface area contributed by atoms with Gasteiger partial charge in [-0.1, -0.05) is 12.1 Å². The molecule has 2 aromatic carbocycles. The Labute approximate surface area is 180 Å². The summed E-state index contributed by atoms with van der Waals surface area (Å²) in [6, 6.07) is 13.3. The van der Waals surface area contributed by atoms with E-state index in [0.717, 1.165) is 5.56 Å². The molecule has 3 amide bonds. The maximum Gasteiger partial charge on any atom is 0.338 e. The second-order valence-electron chi connectivity index (χ2n) is 7.06. The molecule has 1 saturated heterocycles. The van der Waals surface area contributed by atoms with Gasteiger partial charge in [0.15, 0.2) is 6.10 Å². The molecule has 0 bridgehead atoms. The summed E-state index contributed by atoms with van der Waals surface area (Å²) in [5, 5.41) is 2.68. The summed E-state index contributed by atoms with van der Waals surface area (Å²) in [4.78, 5) is 49.3. The molecule has 0 spiro atoms. The van der Waals surface area contributed by atoms with Gasteiger partial charge in [-0.05, 0) is 55.8 Å². The fourth-order valence-electron chi connectivity index (χ4n) is 3.06. The largest absolute Gasteiger partial charge is 0.494 e. The monoisotopic (exact) mass is 424 g/mol. The molecule has 1 fully saturated rings. The van der Waals surface area contributed by atoms with Crippen molar-refractivity contribution in [2.45, 2.75) is 39.3 Å². The second kappa shape index (κ2) is 9.88. The van der Waals surface area contributed by atoms with Crippen molar-refractivity contribution in [3.8, 4) is 5.75 Å². The molecular weight excluding hydrogens is 400 g/mol. The molecule has 1 atom stereocenters. The van der Waals surface area contributed by atoms with Crippen LogP contribution >= 0.6 is 0 Å². The summed E-state index contributed by atoms with van der Waals surface area (Å²) in [6.45, 7) is 4.09. The van der Waals surface area contributed by atoms with Crippen molar-refractivity contribution in [1.29, 1.82) is 0 Å². The van der Waals surface area contributed by atoms with Gasteiger partial charge >= 0.3 is 5.97 Å². The van der Waals surface area contributed by atoms with Crippen molar-refractivity contribution in [1.82, 2.24) is 4.90 Å². The number of likely N-dealkylation sites (tertiary alicyclic amines) is 1. The van der Waals surface area contributed by atoms with Crippen LogP contribution in [-0.2, 0) is 25.7 Å². The van der Waals surface area contributed by atoms with E-state index in [9.17, 15) is 19.2 Å².